The molecule has 0 saturated carbocycles. The van der Waals surface area contributed by atoms with Crippen LogP contribution in [-0.4, -0.2) is 28.4 Å². The lowest BCUT2D eigenvalue weighted by molar-refractivity contribution is -0.141. The maximum absolute atomic E-state index is 12.4. The number of aromatic nitrogens is 3. The van der Waals surface area contributed by atoms with Gasteiger partial charge in [0.15, 0.2) is 10.7 Å². The van der Waals surface area contributed by atoms with E-state index in [1.165, 1.54) is 29.9 Å². The number of amides is 1. The van der Waals surface area contributed by atoms with Gasteiger partial charge in [0.2, 0.25) is 0 Å². The molecule has 0 aliphatic heterocycles. The van der Waals surface area contributed by atoms with Crippen molar-refractivity contribution < 1.29 is 26.4 Å². The third kappa shape index (κ3) is 3.47. The zero-order valence-corrected chi connectivity index (χ0v) is 12.0. The molecule has 0 unspecified atom stereocenters. The van der Waals surface area contributed by atoms with E-state index in [9.17, 15) is 26.4 Å². The molecule has 1 N–H and O–H groups in total. The molecule has 0 radical (unpaired) electrons. The van der Waals surface area contributed by atoms with Crippen molar-refractivity contribution in [3.8, 4) is 0 Å². The number of carbonyl (C=O) groups is 1. The van der Waals surface area contributed by atoms with Crippen molar-refractivity contribution in [1.29, 1.82) is 0 Å². The first kappa shape index (κ1) is 16.1. The normalized spacial score (nSPS) is 12.4. The number of nitrogens with zero attached hydrogens (tertiary/aromatic N) is 3. The van der Waals surface area contributed by atoms with Crippen molar-refractivity contribution in [1.82, 2.24) is 18.8 Å². The first-order chi connectivity index (χ1) is 10.1. The predicted octanol–water partition coefficient (Wildman–Crippen LogP) is 0.745. The molecule has 0 aliphatic rings. The van der Waals surface area contributed by atoms with Crippen LogP contribution in [0.2, 0.25) is 0 Å². The van der Waals surface area contributed by atoms with Crippen molar-refractivity contribution in [2.75, 3.05) is 0 Å². The van der Waals surface area contributed by atoms with Gasteiger partial charge in [-0.15, -0.1) is 0 Å². The molecule has 0 aromatic carbocycles. The molecule has 2 aromatic heterocycles. The number of aryl methyl sites for hydroxylation is 1. The van der Waals surface area contributed by atoms with Crippen LogP contribution in [0.5, 0.6) is 0 Å². The molecule has 0 atom stereocenters. The van der Waals surface area contributed by atoms with Crippen LogP contribution in [0.3, 0.4) is 0 Å². The Hall–Kier alpha value is -2.30. The number of halogens is 3. The smallest absolute Gasteiger partial charge is 0.340 e. The highest BCUT2D eigenvalue weighted by atomic mass is 32.2. The van der Waals surface area contributed by atoms with Crippen molar-refractivity contribution in [3.63, 3.8) is 0 Å². The summed E-state index contributed by atoms with van der Waals surface area (Å²) in [6.07, 6.45) is -1.73. The summed E-state index contributed by atoms with van der Waals surface area (Å²) in [6, 6.07) is 2.76. The largest absolute Gasteiger partial charge is 0.434 e. The third-order valence-corrected chi connectivity index (χ3v) is 4.14. The van der Waals surface area contributed by atoms with Gasteiger partial charge in [-0.2, -0.15) is 21.6 Å². The molecule has 0 bridgehead atoms. The lowest BCUT2D eigenvalue weighted by atomic mass is 10.5. The molecule has 11 heteroatoms. The highest BCUT2D eigenvalue weighted by Gasteiger charge is 2.33. The Bertz CT molecular complexity index is 792. The van der Waals surface area contributed by atoms with Crippen molar-refractivity contribution >= 4 is 15.9 Å². The van der Waals surface area contributed by atoms with E-state index in [1.807, 2.05) is 0 Å². The maximum Gasteiger partial charge on any atom is 0.434 e. The molecule has 0 aliphatic carbocycles. The molecular formula is C11H11F3N4O3S. The lowest BCUT2D eigenvalue weighted by Crippen LogP contribution is -2.34. The molecule has 2 heterocycles. The number of nitrogens with one attached hydrogen (secondary N) is 1. The minimum Gasteiger partial charge on any atom is -0.340 e. The first-order valence-corrected chi connectivity index (χ1v) is 7.34. The van der Waals surface area contributed by atoms with Gasteiger partial charge in [-0.25, -0.2) is 9.71 Å². The number of hydrogen-bond donors (Lipinski definition) is 1. The van der Waals surface area contributed by atoms with Gasteiger partial charge in [0.05, 0.1) is 6.33 Å². The van der Waals surface area contributed by atoms with Crippen molar-refractivity contribution in [2.24, 2.45) is 7.05 Å². The number of imidazole rings is 1. The Morgan fingerprint density at radius 1 is 1.41 bits per heavy atom. The number of alkyl halides is 3. The standard InChI is InChI=1S/C11H11F3N4O3S/c1-17-4-2-3-10(17)22(20,21)16-9(19)6-18-5-8(15-7-18)11(12,13)14/h2-5,7H,6H2,1H3,(H,16,19). The topological polar surface area (TPSA) is 86.0 Å². The summed E-state index contributed by atoms with van der Waals surface area (Å²) >= 11 is 0. The van der Waals surface area contributed by atoms with Gasteiger partial charge >= 0.3 is 6.18 Å². The van der Waals surface area contributed by atoms with Crippen molar-refractivity contribution in [2.45, 2.75) is 17.7 Å². The second-order valence-electron chi connectivity index (χ2n) is 4.42. The van der Waals surface area contributed by atoms with Gasteiger partial charge in [-0.1, -0.05) is 0 Å². The van der Waals surface area contributed by atoms with E-state index in [1.54, 1.807) is 4.72 Å². The highest BCUT2D eigenvalue weighted by Crippen LogP contribution is 2.27. The number of rotatable bonds is 4. The summed E-state index contributed by atoms with van der Waals surface area (Å²) in [6.45, 7) is -0.604. The van der Waals surface area contributed by atoms with Gasteiger partial charge in [-0.3, -0.25) is 4.79 Å². The summed E-state index contributed by atoms with van der Waals surface area (Å²) in [5.41, 5.74) is -1.16. The summed E-state index contributed by atoms with van der Waals surface area (Å²) < 4.78 is 64.8. The molecule has 2 rings (SSSR count). The maximum atomic E-state index is 12.4. The monoisotopic (exact) mass is 336 g/mol. The van der Waals surface area contributed by atoms with E-state index in [4.69, 9.17) is 0 Å². The van der Waals surface area contributed by atoms with E-state index < -0.39 is 34.3 Å². The van der Waals surface area contributed by atoms with Gasteiger partial charge in [0, 0.05) is 19.4 Å². The molecule has 1 amide bonds. The van der Waals surface area contributed by atoms with Crippen LogP contribution in [-0.2, 0) is 34.6 Å². The van der Waals surface area contributed by atoms with Crippen LogP contribution in [0.15, 0.2) is 35.9 Å². The Labute approximate surface area is 123 Å². The summed E-state index contributed by atoms with van der Waals surface area (Å²) in [5.74, 6) is -0.979. The molecule has 22 heavy (non-hydrogen) atoms. The van der Waals surface area contributed by atoms with E-state index in [0.29, 0.717) is 6.20 Å². The van der Waals surface area contributed by atoms with E-state index in [-0.39, 0.29) is 5.03 Å². The molecule has 2 aromatic rings. The van der Waals surface area contributed by atoms with Crippen LogP contribution >= 0.6 is 0 Å². The average Bonchev–Trinajstić information content (AvgIpc) is 2.96. The summed E-state index contributed by atoms with van der Waals surface area (Å²) in [7, 11) is -2.60. The van der Waals surface area contributed by atoms with E-state index in [0.717, 1.165) is 10.9 Å². The van der Waals surface area contributed by atoms with Crippen LogP contribution in [0.4, 0.5) is 13.2 Å². The average molecular weight is 336 g/mol. The van der Waals surface area contributed by atoms with Crippen molar-refractivity contribution in [3.05, 3.63) is 36.5 Å². The fourth-order valence-corrected chi connectivity index (χ4v) is 2.88. The van der Waals surface area contributed by atoms with Gasteiger partial charge in [0.1, 0.15) is 6.54 Å². The zero-order chi connectivity index (χ0) is 16.5. The predicted molar refractivity (Wildman–Crippen MR) is 68.0 cm³/mol. The molecule has 7 nitrogen and oxygen atoms in total. The van der Waals surface area contributed by atoms with E-state index >= 15 is 0 Å². The number of carbonyl (C=O) groups excluding carboxylic acids is 1. The molecule has 0 spiro atoms. The first-order valence-electron chi connectivity index (χ1n) is 5.85. The SMILES string of the molecule is Cn1cccc1S(=O)(=O)NC(=O)Cn1cnc(C(F)(F)F)c1. The summed E-state index contributed by atoms with van der Waals surface area (Å²) in [5, 5.41) is -0.137. The van der Waals surface area contributed by atoms with Gasteiger partial charge < -0.3 is 9.13 Å². The van der Waals surface area contributed by atoms with Crippen LogP contribution in [0.1, 0.15) is 5.69 Å². The molecular weight excluding hydrogens is 325 g/mol. The number of sulfonamides is 1. The van der Waals surface area contributed by atoms with Gasteiger partial charge in [-0.05, 0) is 12.1 Å². The summed E-state index contributed by atoms with van der Waals surface area (Å²) in [4.78, 5) is 14.8. The van der Waals surface area contributed by atoms with E-state index in [2.05, 4.69) is 4.98 Å². The molecule has 120 valence electrons. The Kier molecular flexibility index (Phi) is 4.00. The molecule has 0 saturated heterocycles. The minimum absolute atomic E-state index is 0.137. The lowest BCUT2D eigenvalue weighted by Gasteiger charge is -2.08. The van der Waals surface area contributed by atoms with Gasteiger partial charge in [0.25, 0.3) is 15.9 Å². The Morgan fingerprint density at radius 3 is 2.59 bits per heavy atom. The Morgan fingerprint density at radius 2 is 2.09 bits per heavy atom. The Balaban J connectivity index is 2.08. The third-order valence-electron chi connectivity index (χ3n) is 2.67. The second kappa shape index (κ2) is 5.48. The highest BCUT2D eigenvalue weighted by molar-refractivity contribution is 7.90. The zero-order valence-electron chi connectivity index (χ0n) is 11.2. The van der Waals surface area contributed by atoms with Crippen LogP contribution in [0.25, 0.3) is 0 Å². The fourth-order valence-electron chi connectivity index (χ4n) is 1.72. The second-order valence-corrected chi connectivity index (χ2v) is 6.04. The minimum atomic E-state index is -4.63. The fraction of sp³-hybridized carbons (Fsp3) is 0.273. The molecule has 0 fully saturated rings. The van der Waals surface area contributed by atoms with Crippen LogP contribution in [0, 0.1) is 0 Å². The van der Waals surface area contributed by atoms with Crippen LogP contribution < -0.4 is 4.72 Å². The number of hydrogen-bond acceptors (Lipinski definition) is 4. The quantitative estimate of drug-likeness (QED) is 0.892.